The van der Waals surface area contributed by atoms with Gasteiger partial charge in [0.2, 0.25) is 5.91 Å². The molecule has 0 radical (unpaired) electrons. The van der Waals surface area contributed by atoms with E-state index < -0.39 is 6.17 Å². The SMILES string of the molecule is O=C(Cn1cc(CO)c2scc(-c3ccc(Cl)c(Cl)c3)c2c1=O)N1CCC(F)C1. The van der Waals surface area contributed by atoms with E-state index in [1.807, 2.05) is 5.38 Å². The third-order valence-corrected chi connectivity index (χ3v) is 6.85. The number of hydrogen-bond donors (Lipinski definition) is 1. The van der Waals surface area contributed by atoms with Crippen molar-refractivity contribution in [2.24, 2.45) is 0 Å². The number of aromatic nitrogens is 1. The van der Waals surface area contributed by atoms with Crippen LogP contribution in [0, 0.1) is 0 Å². The van der Waals surface area contributed by atoms with Crippen LogP contribution in [-0.4, -0.2) is 39.7 Å². The first-order valence-corrected chi connectivity index (χ1v) is 10.6. The first-order valence-electron chi connectivity index (χ1n) is 9.00. The molecule has 1 unspecified atom stereocenters. The molecule has 3 heterocycles. The lowest BCUT2D eigenvalue weighted by molar-refractivity contribution is -0.131. The average Bonchev–Trinajstić information content (AvgIpc) is 3.33. The number of pyridine rings is 1. The number of amides is 1. The number of benzene rings is 1. The van der Waals surface area contributed by atoms with Crippen molar-refractivity contribution in [1.29, 1.82) is 0 Å². The van der Waals surface area contributed by atoms with E-state index in [1.54, 1.807) is 18.2 Å². The van der Waals surface area contributed by atoms with Gasteiger partial charge in [-0.1, -0.05) is 29.3 Å². The summed E-state index contributed by atoms with van der Waals surface area (Å²) < 4.78 is 15.4. The van der Waals surface area contributed by atoms with Crippen molar-refractivity contribution in [1.82, 2.24) is 9.47 Å². The number of halogens is 3. The third-order valence-electron chi connectivity index (χ3n) is 5.06. The highest BCUT2D eigenvalue weighted by atomic mass is 35.5. The average molecular weight is 455 g/mol. The van der Waals surface area contributed by atoms with Crippen LogP contribution in [0.1, 0.15) is 12.0 Å². The molecule has 1 atom stereocenters. The Hall–Kier alpha value is -1.93. The molecule has 1 fully saturated rings. The molecule has 5 nitrogen and oxygen atoms in total. The molecule has 0 bridgehead atoms. The standard InChI is InChI=1S/C20H17Cl2FN2O3S/c21-15-2-1-11(5-16(15)22)14-10-29-19-12(9-26)6-25(20(28)18(14)19)8-17(27)24-4-3-13(23)7-24/h1-2,5-6,10,13,26H,3-4,7-9H2. The molecule has 1 N–H and O–H groups in total. The molecule has 29 heavy (non-hydrogen) atoms. The fourth-order valence-electron chi connectivity index (χ4n) is 3.55. The quantitative estimate of drug-likeness (QED) is 0.645. The number of thiophene rings is 1. The minimum atomic E-state index is -1.02. The van der Waals surface area contributed by atoms with Gasteiger partial charge in [0.1, 0.15) is 12.7 Å². The van der Waals surface area contributed by atoms with Crippen LogP contribution in [0.5, 0.6) is 0 Å². The topological polar surface area (TPSA) is 62.5 Å². The summed E-state index contributed by atoms with van der Waals surface area (Å²) in [6.07, 6.45) is 0.790. The normalized spacial score (nSPS) is 16.7. The van der Waals surface area contributed by atoms with Crippen molar-refractivity contribution >= 4 is 50.5 Å². The van der Waals surface area contributed by atoms with Crippen LogP contribution in [0.15, 0.2) is 34.6 Å². The van der Waals surface area contributed by atoms with Gasteiger partial charge in [0.15, 0.2) is 0 Å². The Labute approximate surface area is 179 Å². The molecule has 1 aliphatic rings. The van der Waals surface area contributed by atoms with E-state index >= 15 is 0 Å². The molecule has 0 aliphatic carbocycles. The zero-order chi connectivity index (χ0) is 20.7. The van der Waals surface area contributed by atoms with Gasteiger partial charge in [-0.25, -0.2) is 4.39 Å². The van der Waals surface area contributed by atoms with E-state index in [9.17, 15) is 19.1 Å². The number of likely N-dealkylation sites (tertiary alicyclic amines) is 1. The maximum Gasteiger partial charge on any atom is 0.260 e. The van der Waals surface area contributed by atoms with Crippen molar-refractivity contribution in [3.05, 3.63) is 55.7 Å². The third kappa shape index (κ3) is 3.80. The lowest BCUT2D eigenvalue weighted by atomic mass is 10.0. The summed E-state index contributed by atoms with van der Waals surface area (Å²) in [5, 5.41) is 12.8. The van der Waals surface area contributed by atoms with E-state index in [4.69, 9.17) is 23.2 Å². The summed E-state index contributed by atoms with van der Waals surface area (Å²) in [5.41, 5.74) is 1.59. The fourth-order valence-corrected chi connectivity index (χ4v) is 4.92. The number of rotatable bonds is 4. The molecule has 1 amide bonds. The van der Waals surface area contributed by atoms with Crippen LogP contribution in [0.4, 0.5) is 4.39 Å². The number of aliphatic hydroxyl groups is 1. The second-order valence-electron chi connectivity index (χ2n) is 6.95. The van der Waals surface area contributed by atoms with Gasteiger partial charge < -0.3 is 14.6 Å². The van der Waals surface area contributed by atoms with Gasteiger partial charge in [0.25, 0.3) is 5.56 Å². The van der Waals surface area contributed by atoms with E-state index in [-0.39, 0.29) is 31.2 Å². The maximum atomic E-state index is 13.4. The van der Waals surface area contributed by atoms with E-state index in [1.165, 1.54) is 27.0 Å². The number of hydrogen-bond acceptors (Lipinski definition) is 4. The van der Waals surface area contributed by atoms with E-state index in [2.05, 4.69) is 0 Å². The Bertz CT molecular complexity index is 1160. The number of alkyl halides is 1. The van der Waals surface area contributed by atoms with Crippen molar-refractivity contribution in [2.75, 3.05) is 13.1 Å². The van der Waals surface area contributed by atoms with Gasteiger partial charge in [-0.15, -0.1) is 11.3 Å². The summed E-state index contributed by atoms with van der Waals surface area (Å²) in [5.74, 6) is -0.318. The van der Waals surface area contributed by atoms with Gasteiger partial charge in [-0.2, -0.15) is 0 Å². The predicted molar refractivity (Wildman–Crippen MR) is 114 cm³/mol. The Morgan fingerprint density at radius 2 is 2.10 bits per heavy atom. The maximum absolute atomic E-state index is 13.4. The molecule has 152 valence electrons. The smallest absolute Gasteiger partial charge is 0.260 e. The van der Waals surface area contributed by atoms with Crippen LogP contribution in [0.2, 0.25) is 10.0 Å². The van der Waals surface area contributed by atoms with Crippen LogP contribution in [-0.2, 0) is 17.9 Å². The number of nitrogens with zero attached hydrogens (tertiary/aromatic N) is 2. The number of carbonyl (C=O) groups excluding carboxylic acids is 1. The Morgan fingerprint density at radius 3 is 2.76 bits per heavy atom. The highest BCUT2D eigenvalue weighted by Crippen LogP contribution is 2.36. The zero-order valence-corrected chi connectivity index (χ0v) is 17.5. The molecule has 3 aromatic rings. The molecular weight excluding hydrogens is 438 g/mol. The van der Waals surface area contributed by atoms with E-state index in [0.717, 1.165) is 5.56 Å². The Morgan fingerprint density at radius 1 is 1.31 bits per heavy atom. The Balaban J connectivity index is 1.80. The highest BCUT2D eigenvalue weighted by Gasteiger charge is 2.26. The number of carbonyl (C=O) groups is 1. The minimum absolute atomic E-state index is 0.0513. The molecule has 9 heteroatoms. The first-order chi connectivity index (χ1) is 13.9. The number of fused-ring (bicyclic) bond motifs is 1. The van der Waals surface area contributed by atoms with Crippen molar-refractivity contribution < 1.29 is 14.3 Å². The number of aliphatic hydroxyl groups excluding tert-OH is 1. The highest BCUT2D eigenvalue weighted by molar-refractivity contribution is 7.18. The van der Waals surface area contributed by atoms with Crippen LogP contribution < -0.4 is 5.56 Å². The molecule has 1 aromatic carbocycles. The second kappa shape index (κ2) is 8.07. The monoisotopic (exact) mass is 454 g/mol. The summed E-state index contributed by atoms with van der Waals surface area (Å²) in [6.45, 7) is -0.0831. The molecular formula is C20H17Cl2FN2O3S. The summed E-state index contributed by atoms with van der Waals surface area (Å²) >= 11 is 13.5. The summed E-state index contributed by atoms with van der Waals surface area (Å²) in [7, 11) is 0. The lowest BCUT2D eigenvalue weighted by Crippen LogP contribution is -2.35. The van der Waals surface area contributed by atoms with Gasteiger partial charge in [-0.05, 0) is 24.1 Å². The summed E-state index contributed by atoms with van der Waals surface area (Å²) in [4.78, 5) is 27.2. The van der Waals surface area contributed by atoms with Crippen LogP contribution in [0.25, 0.3) is 21.2 Å². The molecule has 2 aromatic heterocycles. The minimum Gasteiger partial charge on any atom is -0.392 e. The Kier molecular flexibility index (Phi) is 5.66. The van der Waals surface area contributed by atoms with Crippen LogP contribution in [0.3, 0.4) is 0 Å². The molecule has 0 saturated carbocycles. The largest absolute Gasteiger partial charge is 0.392 e. The molecule has 0 spiro atoms. The zero-order valence-electron chi connectivity index (χ0n) is 15.2. The molecule has 1 aliphatic heterocycles. The second-order valence-corrected chi connectivity index (χ2v) is 8.65. The van der Waals surface area contributed by atoms with Gasteiger partial charge in [-0.3, -0.25) is 9.59 Å². The van der Waals surface area contributed by atoms with Crippen molar-refractivity contribution in [2.45, 2.75) is 25.7 Å². The lowest BCUT2D eigenvalue weighted by Gasteiger charge is -2.17. The van der Waals surface area contributed by atoms with Crippen molar-refractivity contribution in [3.8, 4) is 11.1 Å². The van der Waals surface area contributed by atoms with Crippen molar-refractivity contribution in [3.63, 3.8) is 0 Å². The van der Waals surface area contributed by atoms with Gasteiger partial charge in [0, 0.05) is 33.9 Å². The molecule has 4 rings (SSSR count). The first kappa shape index (κ1) is 20.3. The van der Waals surface area contributed by atoms with Gasteiger partial charge >= 0.3 is 0 Å². The van der Waals surface area contributed by atoms with Crippen LogP contribution >= 0.6 is 34.5 Å². The fraction of sp³-hybridized carbons (Fsp3) is 0.300. The van der Waals surface area contributed by atoms with E-state index in [0.29, 0.717) is 44.2 Å². The summed E-state index contributed by atoms with van der Waals surface area (Å²) in [6, 6.07) is 5.10. The van der Waals surface area contributed by atoms with Gasteiger partial charge in [0.05, 0.1) is 28.6 Å². The molecule has 1 saturated heterocycles. The predicted octanol–water partition coefficient (Wildman–Crippen LogP) is 4.10.